The highest BCUT2D eigenvalue weighted by molar-refractivity contribution is 5.67. The van der Waals surface area contributed by atoms with Crippen LogP contribution in [0.15, 0.2) is 18.2 Å². The second kappa shape index (κ2) is 5.24. The Kier molecular flexibility index (Phi) is 3.91. The minimum atomic E-state index is -1.74. The number of benzene rings is 1. The van der Waals surface area contributed by atoms with Crippen LogP contribution in [0.1, 0.15) is 32.5 Å². The number of carboxylic acid groups (broad SMARTS) is 1. The summed E-state index contributed by atoms with van der Waals surface area (Å²) in [6, 6.07) is 2.80. The number of hydrogen-bond donors (Lipinski definition) is 1. The molecule has 1 amide bonds. The minimum Gasteiger partial charge on any atom is -0.465 e. The Morgan fingerprint density at radius 1 is 1.38 bits per heavy atom. The standard InChI is InChI=1S/C15H18F3NO2/c1-15(2,3)13-9(7-19(13)14(20)21)11(17)8-5-4-6-10(16)12(8)18/h4-6,9,11,13H,7H2,1-3H3,(H,20,21). The van der Waals surface area contributed by atoms with Crippen LogP contribution < -0.4 is 0 Å². The Balaban J connectivity index is 2.29. The first kappa shape index (κ1) is 15.7. The van der Waals surface area contributed by atoms with Crippen molar-refractivity contribution in [3.05, 3.63) is 35.4 Å². The topological polar surface area (TPSA) is 40.5 Å². The van der Waals surface area contributed by atoms with Gasteiger partial charge in [-0.2, -0.15) is 0 Å². The molecular formula is C15H18F3NO2. The molecule has 0 aromatic heterocycles. The van der Waals surface area contributed by atoms with Crippen LogP contribution in [0.25, 0.3) is 0 Å². The fourth-order valence-electron chi connectivity index (χ4n) is 3.06. The molecule has 0 spiro atoms. The quantitative estimate of drug-likeness (QED) is 0.897. The first-order valence-electron chi connectivity index (χ1n) is 6.72. The molecule has 21 heavy (non-hydrogen) atoms. The summed E-state index contributed by atoms with van der Waals surface area (Å²) in [6.45, 7) is 5.38. The third kappa shape index (κ3) is 2.71. The molecule has 1 saturated heterocycles. The molecule has 3 atom stereocenters. The lowest BCUT2D eigenvalue weighted by molar-refractivity contribution is -0.0685. The summed E-state index contributed by atoms with van der Waals surface area (Å²) in [5.74, 6) is -2.99. The first-order valence-corrected chi connectivity index (χ1v) is 6.72. The lowest BCUT2D eigenvalue weighted by Crippen LogP contribution is -2.64. The summed E-state index contributed by atoms with van der Waals surface area (Å²) in [5.41, 5.74) is -0.839. The molecule has 116 valence electrons. The largest absolute Gasteiger partial charge is 0.465 e. The number of nitrogens with zero attached hydrogens (tertiary/aromatic N) is 1. The van der Waals surface area contributed by atoms with Crippen LogP contribution in [-0.4, -0.2) is 28.7 Å². The molecule has 1 aliphatic heterocycles. The summed E-state index contributed by atoms with van der Waals surface area (Å²) in [4.78, 5) is 12.3. The van der Waals surface area contributed by atoms with Gasteiger partial charge in [-0.3, -0.25) is 0 Å². The molecule has 0 radical (unpaired) electrons. The van der Waals surface area contributed by atoms with Crippen molar-refractivity contribution < 1.29 is 23.1 Å². The lowest BCUT2D eigenvalue weighted by atomic mass is 9.69. The molecule has 1 heterocycles. The van der Waals surface area contributed by atoms with Crippen molar-refractivity contribution in [3.8, 4) is 0 Å². The van der Waals surface area contributed by atoms with E-state index in [0.717, 1.165) is 11.0 Å². The number of likely N-dealkylation sites (tertiary alicyclic amines) is 1. The summed E-state index contributed by atoms with van der Waals surface area (Å²) in [6.07, 6.45) is -2.86. The molecule has 1 aromatic carbocycles. The molecule has 1 aromatic rings. The Hall–Kier alpha value is -1.72. The highest BCUT2D eigenvalue weighted by Crippen LogP contribution is 2.46. The fourth-order valence-corrected chi connectivity index (χ4v) is 3.06. The van der Waals surface area contributed by atoms with Crippen molar-refractivity contribution in [2.75, 3.05) is 6.54 Å². The predicted molar refractivity (Wildman–Crippen MR) is 71.7 cm³/mol. The van der Waals surface area contributed by atoms with Crippen molar-refractivity contribution in [2.24, 2.45) is 11.3 Å². The summed E-state index contributed by atoms with van der Waals surface area (Å²) < 4.78 is 41.5. The van der Waals surface area contributed by atoms with Gasteiger partial charge in [0.2, 0.25) is 0 Å². The Morgan fingerprint density at radius 3 is 2.52 bits per heavy atom. The van der Waals surface area contributed by atoms with Crippen LogP contribution in [-0.2, 0) is 0 Å². The van der Waals surface area contributed by atoms with E-state index >= 15 is 0 Å². The van der Waals surface area contributed by atoms with Crippen LogP contribution in [0.2, 0.25) is 0 Å². The van der Waals surface area contributed by atoms with Crippen molar-refractivity contribution in [2.45, 2.75) is 33.0 Å². The zero-order chi connectivity index (χ0) is 15.9. The van der Waals surface area contributed by atoms with Crippen LogP contribution >= 0.6 is 0 Å². The van der Waals surface area contributed by atoms with Crippen molar-refractivity contribution >= 4 is 6.09 Å². The van der Waals surface area contributed by atoms with E-state index in [4.69, 9.17) is 5.11 Å². The second-order valence-corrected chi connectivity index (χ2v) is 6.45. The first-order chi connectivity index (χ1) is 9.64. The molecule has 1 aliphatic rings. The Labute approximate surface area is 121 Å². The van der Waals surface area contributed by atoms with E-state index in [-0.39, 0.29) is 12.1 Å². The van der Waals surface area contributed by atoms with Gasteiger partial charge >= 0.3 is 6.09 Å². The normalized spacial score (nSPS) is 23.6. The van der Waals surface area contributed by atoms with Gasteiger partial charge in [0.25, 0.3) is 0 Å². The van der Waals surface area contributed by atoms with Crippen LogP contribution in [0.3, 0.4) is 0 Å². The summed E-state index contributed by atoms with van der Waals surface area (Å²) in [7, 11) is 0. The maximum atomic E-state index is 14.6. The van der Waals surface area contributed by atoms with E-state index in [0.29, 0.717) is 0 Å². The average molecular weight is 301 g/mol. The molecular weight excluding hydrogens is 283 g/mol. The number of rotatable bonds is 2. The van der Waals surface area contributed by atoms with Crippen LogP contribution in [0.4, 0.5) is 18.0 Å². The number of amides is 1. The van der Waals surface area contributed by atoms with Crippen molar-refractivity contribution in [1.82, 2.24) is 4.90 Å². The van der Waals surface area contributed by atoms with Gasteiger partial charge in [-0.25, -0.2) is 18.0 Å². The third-order valence-electron chi connectivity index (χ3n) is 3.94. The highest BCUT2D eigenvalue weighted by atomic mass is 19.2. The van der Waals surface area contributed by atoms with Crippen molar-refractivity contribution in [3.63, 3.8) is 0 Å². The Bertz CT molecular complexity index is 556. The van der Waals surface area contributed by atoms with Gasteiger partial charge in [-0.1, -0.05) is 32.9 Å². The van der Waals surface area contributed by atoms with Crippen molar-refractivity contribution in [1.29, 1.82) is 0 Å². The molecule has 3 nitrogen and oxygen atoms in total. The van der Waals surface area contributed by atoms with Gasteiger partial charge in [0.05, 0.1) is 0 Å². The maximum absolute atomic E-state index is 14.6. The third-order valence-corrected chi connectivity index (χ3v) is 3.94. The van der Waals surface area contributed by atoms with Gasteiger partial charge < -0.3 is 10.0 Å². The van der Waals surface area contributed by atoms with Gasteiger partial charge in [0.15, 0.2) is 11.6 Å². The molecule has 6 heteroatoms. The molecule has 1 fully saturated rings. The molecule has 0 aliphatic carbocycles. The molecule has 0 bridgehead atoms. The molecule has 2 rings (SSSR count). The van der Waals surface area contributed by atoms with E-state index in [1.54, 1.807) is 20.8 Å². The molecule has 0 saturated carbocycles. The van der Waals surface area contributed by atoms with E-state index in [1.165, 1.54) is 12.1 Å². The fraction of sp³-hybridized carbons (Fsp3) is 0.533. The van der Waals surface area contributed by atoms with Crippen LogP contribution in [0, 0.1) is 23.0 Å². The number of alkyl halides is 1. The van der Waals surface area contributed by atoms with E-state index < -0.39 is 41.3 Å². The SMILES string of the molecule is CC(C)(C)C1C(C(F)c2cccc(F)c2F)CN1C(=O)O. The van der Waals surface area contributed by atoms with E-state index in [1.807, 2.05) is 0 Å². The van der Waals surface area contributed by atoms with Gasteiger partial charge in [0, 0.05) is 24.1 Å². The summed E-state index contributed by atoms with van der Waals surface area (Å²) >= 11 is 0. The lowest BCUT2D eigenvalue weighted by Gasteiger charge is -2.53. The highest BCUT2D eigenvalue weighted by Gasteiger charge is 2.52. The van der Waals surface area contributed by atoms with Crippen LogP contribution in [0.5, 0.6) is 0 Å². The average Bonchev–Trinajstić information content (AvgIpc) is 2.28. The monoisotopic (exact) mass is 301 g/mol. The zero-order valence-corrected chi connectivity index (χ0v) is 12.1. The van der Waals surface area contributed by atoms with Gasteiger partial charge in [-0.15, -0.1) is 0 Å². The second-order valence-electron chi connectivity index (χ2n) is 6.45. The minimum absolute atomic E-state index is 0.0195. The maximum Gasteiger partial charge on any atom is 0.407 e. The molecule has 1 N–H and O–H groups in total. The summed E-state index contributed by atoms with van der Waals surface area (Å²) in [5, 5.41) is 9.11. The zero-order valence-electron chi connectivity index (χ0n) is 12.1. The Morgan fingerprint density at radius 2 is 2.00 bits per heavy atom. The van der Waals surface area contributed by atoms with Gasteiger partial charge in [0.1, 0.15) is 6.17 Å². The number of carbonyl (C=O) groups is 1. The smallest absolute Gasteiger partial charge is 0.407 e. The van der Waals surface area contributed by atoms with E-state index in [2.05, 4.69) is 0 Å². The van der Waals surface area contributed by atoms with E-state index in [9.17, 15) is 18.0 Å². The predicted octanol–water partition coefficient (Wildman–Crippen LogP) is 4.00. The number of hydrogen-bond acceptors (Lipinski definition) is 1. The molecule has 3 unspecified atom stereocenters. The number of halogens is 3. The van der Waals surface area contributed by atoms with Gasteiger partial charge in [-0.05, 0) is 11.5 Å².